The zero-order chi connectivity index (χ0) is 15.5. The number of aromatic nitrogens is 4. The fourth-order valence-corrected chi connectivity index (χ4v) is 3.41. The molecule has 0 unspecified atom stereocenters. The van der Waals surface area contributed by atoms with Crippen molar-refractivity contribution in [3.05, 3.63) is 35.6 Å². The SMILES string of the molecule is CC(C)n1ccnc1[C@@H]1CCCN(CCn2cc(Cl)cn2)C1. The van der Waals surface area contributed by atoms with Crippen molar-refractivity contribution in [2.45, 2.75) is 45.2 Å². The molecule has 0 bridgehead atoms. The number of halogens is 1. The minimum absolute atomic E-state index is 0.471. The van der Waals surface area contributed by atoms with E-state index in [1.165, 1.54) is 18.7 Å². The number of imidazole rings is 1. The lowest BCUT2D eigenvalue weighted by atomic mass is 9.97. The Morgan fingerprint density at radius 3 is 2.95 bits per heavy atom. The summed E-state index contributed by atoms with van der Waals surface area (Å²) in [5, 5.41) is 4.95. The Morgan fingerprint density at radius 2 is 2.23 bits per heavy atom. The van der Waals surface area contributed by atoms with Gasteiger partial charge < -0.3 is 9.47 Å². The van der Waals surface area contributed by atoms with Gasteiger partial charge in [-0.15, -0.1) is 0 Å². The molecule has 6 heteroatoms. The second-order valence-electron chi connectivity index (χ2n) is 6.35. The minimum Gasteiger partial charge on any atom is -0.332 e. The van der Waals surface area contributed by atoms with Crippen LogP contribution in [0.3, 0.4) is 0 Å². The Labute approximate surface area is 136 Å². The van der Waals surface area contributed by atoms with E-state index in [2.05, 4.69) is 39.6 Å². The standard InChI is InChI=1S/C16H24ClN5/c1-13(2)22-7-5-18-16(22)14-4-3-6-20(11-14)8-9-21-12-15(17)10-19-21/h5,7,10,12-14H,3-4,6,8-9,11H2,1-2H3/t14-/m1/s1. The van der Waals surface area contributed by atoms with Crippen molar-refractivity contribution in [1.29, 1.82) is 0 Å². The van der Waals surface area contributed by atoms with Gasteiger partial charge in [-0.2, -0.15) is 5.10 Å². The van der Waals surface area contributed by atoms with E-state index in [1.54, 1.807) is 6.20 Å². The van der Waals surface area contributed by atoms with Crippen LogP contribution in [0.25, 0.3) is 0 Å². The molecule has 1 aliphatic heterocycles. The van der Waals surface area contributed by atoms with Crippen molar-refractivity contribution >= 4 is 11.6 Å². The maximum Gasteiger partial charge on any atom is 0.113 e. The largest absolute Gasteiger partial charge is 0.332 e. The van der Waals surface area contributed by atoms with Crippen LogP contribution >= 0.6 is 11.6 Å². The molecule has 1 fully saturated rings. The molecule has 2 aromatic heterocycles. The molecule has 0 aliphatic carbocycles. The first kappa shape index (κ1) is 15.6. The Bertz CT molecular complexity index is 603. The average Bonchev–Trinajstić information content (AvgIpc) is 3.14. The molecule has 0 N–H and O–H groups in total. The second kappa shape index (κ2) is 6.84. The Balaban J connectivity index is 1.60. The Kier molecular flexibility index (Phi) is 4.84. The summed E-state index contributed by atoms with van der Waals surface area (Å²) >= 11 is 5.91. The van der Waals surface area contributed by atoms with Gasteiger partial charge in [-0.3, -0.25) is 4.68 Å². The summed E-state index contributed by atoms with van der Waals surface area (Å²) < 4.78 is 4.22. The first-order chi connectivity index (χ1) is 10.6. The Hall–Kier alpha value is -1.33. The summed E-state index contributed by atoms with van der Waals surface area (Å²) in [5.74, 6) is 1.77. The molecule has 1 aliphatic rings. The van der Waals surface area contributed by atoms with Crippen LogP contribution in [0.1, 0.15) is 44.5 Å². The maximum absolute atomic E-state index is 5.91. The molecule has 0 radical (unpaired) electrons. The lowest BCUT2D eigenvalue weighted by Crippen LogP contribution is -2.37. The zero-order valence-electron chi connectivity index (χ0n) is 13.3. The predicted molar refractivity (Wildman–Crippen MR) is 88.3 cm³/mol. The van der Waals surface area contributed by atoms with Crippen molar-refractivity contribution in [2.75, 3.05) is 19.6 Å². The van der Waals surface area contributed by atoms with Gasteiger partial charge >= 0.3 is 0 Å². The highest BCUT2D eigenvalue weighted by atomic mass is 35.5. The third-order valence-electron chi connectivity index (χ3n) is 4.37. The summed E-state index contributed by atoms with van der Waals surface area (Å²) in [6, 6.07) is 0.471. The molecular formula is C16H24ClN5. The fraction of sp³-hybridized carbons (Fsp3) is 0.625. The molecule has 0 spiro atoms. The van der Waals surface area contributed by atoms with E-state index < -0.39 is 0 Å². The van der Waals surface area contributed by atoms with Crippen LogP contribution < -0.4 is 0 Å². The summed E-state index contributed by atoms with van der Waals surface area (Å²) in [6.45, 7) is 8.57. The van der Waals surface area contributed by atoms with Crippen LogP contribution in [0.5, 0.6) is 0 Å². The fourth-order valence-electron chi connectivity index (χ4n) is 3.25. The first-order valence-corrected chi connectivity index (χ1v) is 8.44. The molecule has 3 rings (SSSR count). The van der Waals surface area contributed by atoms with Gasteiger partial charge in [0.05, 0.1) is 17.8 Å². The zero-order valence-corrected chi connectivity index (χ0v) is 14.1. The van der Waals surface area contributed by atoms with Crippen LogP contribution in [-0.2, 0) is 6.54 Å². The molecule has 3 heterocycles. The third-order valence-corrected chi connectivity index (χ3v) is 4.57. The van der Waals surface area contributed by atoms with Gasteiger partial charge in [0.25, 0.3) is 0 Å². The highest BCUT2D eigenvalue weighted by molar-refractivity contribution is 6.30. The number of hydrogen-bond acceptors (Lipinski definition) is 3. The van der Waals surface area contributed by atoms with Crippen molar-refractivity contribution in [3.8, 4) is 0 Å². The molecule has 5 nitrogen and oxygen atoms in total. The summed E-state index contributed by atoms with van der Waals surface area (Å²) in [6.07, 6.45) is 10.1. The van der Waals surface area contributed by atoms with Gasteiger partial charge in [-0.25, -0.2) is 4.98 Å². The minimum atomic E-state index is 0.471. The summed E-state index contributed by atoms with van der Waals surface area (Å²) in [7, 11) is 0. The van der Waals surface area contributed by atoms with Gasteiger partial charge in [0.2, 0.25) is 0 Å². The monoisotopic (exact) mass is 321 g/mol. The van der Waals surface area contributed by atoms with Gasteiger partial charge in [0, 0.05) is 43.6 Å². The quantitative estimate of drug-likeness (QED) is 0.849. The number of nitrogens with zero attached hydrogens (tertiary/aromatic N) is 5. The number of piperidine rings is 1. The number of likely N-dealkylation sites (tertiary alicyclic amines) is 1. The van der Waals surface area contributed by atoms with E-state index in [9.17, 15) is 0 Å². The van der Waals surface area contributed by atoms with Crippen molar-refractivity contribution in [2.24, 2.45) is 0 Å². The smallest absolute Gasteiger partial charge is 0.113 e. The first-order valence-electron chi connectivity index (χ1n) is 8.06. The second-order valence-corrected chi connectivity index (χ2v) is 6.78. The van der Waals surface area contributed by atoms with Gasteiger partial charge in [-0.05, 0) is 33.2 Å². The van der Waals surface area contributed by atoms with Crippen molar-refractivity contribution < 1.29 is 0 Å². The number of rotatable bonds is 5. The van der Waals surface area contributed by atoms with Gasteiger partial charge in [-0.1, -0.05) is 11.6 Å². The van der Waals surface area contributed by atoms with E-state index in [-0.39, 0.29) is 0 Å². The normalized spacial score (nSPS) is 19.9. The third kappa shape index (κ3) is 3.52. The van der Waals surface area contributed by atoms with Crippen molar-refractivity contribution in [1.82, 2.24) is 24.2 Å². The molecule has 0 aromatic carbocycles. The average molecular weight is 322 g/mol. The summed E-state index contributed by atoms with van der Waals surface area (Å²) in [4.78, 5) is 7.14. The van der Waals surface area contributed by atoms with E-state index in [1.807, 2.05) is 17.1 Å². The molecular weight excluding hydrogens is 298 g/mol. The van der Waals surface area contributed by atoms with Gasteiger partial charge in [0.15, 0.2) is 0 Å². The molecule has 0 amide bonds. The molecule has 120 valence electrons. The van der Waals surface area contributed by atoms with E-state index in [4.69, 9.17) is 11.6 Å². The predicted octanol–water partition coefficient (Wildman–Crippen LogP) is 3.19. The molecule has 2 aromatic rings. The van der Waals surface area contributed by atoms with Crippen LogP contribution in [0.15, 0.2) is 24.8 Å². The van der Waals surface area contributed by atoms with Crippen molar-refractivity contribution in [3.63, 3.8) is 0 Å². The Morgan fingerprint density at radius 1 is 1.36 bits per heavy atom. The van der Waals surface area contributed by atoms with Crippen LogP contribution in [-0.4, -0.2) is 43.9 Å². The van der Waals surface area contributed by atoms with Gasteiger partial charge in [0.1, 0.15) is 5.82 Å². The maximum atomic E-state index is 5.91. The van der Waals surface area contributed by atoms with Crippen LogP contribution in [0.2, 0.25) is 5.02 Å². The highest BCUT2D eigenvalue weighted by Gasteiger charge is 2.25. The topological polar surface area (TPSA) is 38.9 Å². The lowest BCUT2D eigenvalue weighted by molar-refractivity contribution is 0.192. The molecule has 0 saturated carbocycles. The van der Waals surface area contributed by atoms with E-state index in [0.717, 1.165) is 26.2 Å². The van der Waals surface area contributed by atoms with Crippen LogP contribution in [0, 0.1) is 0 Å². The lowest BCUT2D eigenvalue weighted by Gasteiger charge is -2.33. The molecule has 1 atom stereocenters. The highest BCUT2D eigenvalue weighted by Crippen LogP contribution is 2.27. The molecule has 1 saturated heterocycles. The van der Waals surface area contributed by atoms with E-state index >= 15 is 0 Å². The van der Waals surface area contributed by atoms with Crippen LogP contribution in [0.4, 0.5) is 0 Å². The molecule has 22 heavy (non-hydrogen) atoms. The number of hydrogen-bond donors (Lipinski definition) is 0. The summed E-state index contributed by atoms with van der Waals surface area (Å²) in [5.41, 5.74) is 0. The van der Waals surface area contributed by atoms with E-state index in [0.29, 0.717) is 17.0 Å².